The molecule has 5 rings (SSSR count). The van der Waals surface area contributed by atoms with Crippen LogP contribution in [0.3, 0.4) is 0 Å². The average molecular weight is 468 g/mol. The van der Waals surface area contributed by atoms with Gasteiger partial charge in [-0.05, 0) is 66.4 Å². The van der Waals surface area contributed by atoms with Crippen molar-refractivity contribution in [3.63, 3.8) is 0 Å². The van der Waals surface area contributed by atoms with Crippen LogP contribution < -0.4 is 4.74 Å². The van der Waals surface area contributed by atoms with Gasteiger partial charge in [-0.25, -0.2) is 9.67 Å². The lowest BCUT2D eigenvalue weighted by atomic mass is 10.1. The summed E-state index contributed by atoms with van der Waals surface area (Å²) in [4.78, 5) is 23.8. The zero-order chi connectivity index (χ0) is 23.5. The fraction of sp³-hybridized carbons (Fsp3) is 0.0769. The average Bonchev–Trinajstić information content (AvgIpc) is 3.42. The molecule has 0 saturated carbocycles. The highest BCUT2D eigenvalue weighted by molar-refractivity contribution is 8.18. The van der Waals surface area contributed by atoms with Gasteiger partial charge in [0.25, 0.3) is 5.91 Å². The number of para-hydroxylation sites is 1. The van der Waals surface area contributed by atoms with E-state index < -0.39 is 0 Å². The van der Waals surface area contributed by atoms with Crippen LogP contribution in [0.5, 0.6) is 5.75 Å². The number of thioether (sulfide) groups is 1. The zero-order valence-electron chi connectivity index (χ0n) is 18.6. The third kappa shape index (κ3) is 4.35. The van der Waals surface area contributed by atoms with Crippen molar-refractivity contribution in [3.05, 3.63) is 95.8 Å². The predicted molar refractivity (Wildman–Crippen MR) is 135 cm³/mol. The van der Waals surface area contributed by atoms with Gasteiger partial charge < -0.3 is 4.74 Å². The van der Waals surface area contributed by atoms with E-state index in [0.717, 1.165) is 28.3 Å². The van der Waals surface area contributed by atoms with E-state index in [1.54, 1.807) is 31.5 Å². The van der Waals surface area contributed by atoms with Crippen molar-refractivity contribution in [1.29, 1.82) is 0 Å². The van der Waals surface area contributed by atoms with Crippen molar-refractivity contribution >= 4 is 34.6 Å². The van der Waals surface area contributed by atoms with Gasteiger partial charge in [-0.2, -0.15) is 5.10 Å². The van der Waals surface area contributed by atoms with Crippen molar-refractivity contribution < 1.29 is 9.53 Å². The summed E-state index contributed by atoms with van der Waals surface area (Å²) < 4.78 is 7.12. The van der Waals surface area contributed by atoms with E-state index in [2.05, 4.69) is 9.98 Å². The highest BCUT2D eigenvalue weighted by Gasteiger charge is 2.31. The van der Waals surface area contributed by atoms with E-state index in [1.165, 1.54) is 11.8 Å². The maximum Gasteiger partial charge on any atom is 0.266 e. The first-order chi connectivity index (χ1) is 16.6. The molecule has 1 fully saturated rings. The molecule has 2 aromatic heterocycles. The lowest BCUT2D eigenvalue weighted by Gasteiger charge is -2.06. The SMILES string of the molecule is COc1ccc(-c2nn(-c3ccccc3)cc2/C=C2\SC(=Nc3cccnc3)N(C)C2=O)cc1. The molecule has 0 spiro atoms. The van der Waals surface area contributed by atoms with Gasteiger partial charge in [0.1, 0.15) is 5.75 Å². The van der Waals surface area contributed by atoms with Gasteiger partial charge in [0.05, 0.1) is 35.3 Å². The Morgan fingerprint density at radius 1 is 1.03 bits per heavy atom. The van der Waals surface area contributed by atoms with Crippen LogP contribution in [0.2, 0.25) is 0 Å². The summed E-state index contributed by atoms with van der Waals surface area (Å²) in [7, 11) is 3.36. The van der Waals surface area contributed by atoms with Gasteiger partial charge in [0, 0.05) is 30.6 Å². The summed E-state index contributed by atoms with van der Waals surface area (Å²) in [5.41, 5.74) is 4.16. The Balaban J connectivity index is 1.56. The van der Waals surface area contributed by atoms with Crippen molar-refractivity contribution in [2.45, 2.75) is 0 Å². The van der Waals surface area contributed by atoms with Crippen molar-refractivity contribution in [1.82, 2.24) is 19.7 Å². The molecule has 0 atom stereocenters. The maximum absolute atomic E-state index is 13.0. The predicted octanol–water partition coefficient (Wildman–Crippen LogP) is 5.18. The molecule has 8 heteroatoms. The number of benzene rings is 2. The third-order valence-corrected chi connectivity index (χ3v) is 6.35. The summed E-state index contributed by atoms with van der Waals surface area (Å²) in [6, 6.07) is 21.3. The van der Waals surface area contributed by atoms with Gasteiger partial charge >= 0.3 is 0 Å². The molecule has 34 heavy (non-hydrogen) atoms. The van der Waals surface area contributed by atoms with Gasteiger partial charge in [0.15, 0.2) is 5.17 Å². The Labute approximate surface area is 201 Å². The van der Waals surface area contributed by atoms with Crippen LogP contribution in [0.4, 0.5) is 5.69 Å². The molecule has 168 valence electrons. The van der Waals surface area contributed by atoms with Crippen LogP contribution in [0.1, 0.15) is 5.56 Å². The molecule has 0 radical (unpaired) electrons. The van der Waals surface area contributed by atoms with Crippen molar-refractivity contribution in [3.8, 4) is 22.7 Å². The number of hydrogen-bond acceptors (Lipinski definition) is 6. The second-order valence-corrected chi connectivity index (χ2v) is 8.53. The number of amidine groups is 1. The third-order valence-electron chi connectivity index (χ3n) is 5.29. The van der Waals surface area contributed by atoms with Crippen molar-refractivity contribution in [2.24, 2.45) is 4.99 Å². The monoisotopic (exact) mass is 467 g/mol. The Hall–Kier alpha value is -4.17. The maximum atomic E-state index is 13.0. The number of rotatable bonds is 5. The number of methoxy groups -OCH3 is 1. The lowest BCUT2D eigenvalue weighted by Crippen LogP contribution is -2.23. The molecule has 1 amide bonds. The van der Waals surface area contributed by atoms with Crippen LogP contribution in [0.25, 0.3) is 23.0 Å². The number of aromatic nitrogens is 3. The summed E-state index contributed by atoms with van der Waals surface area (Å²) in [5, 5.41) is 5.44. The Morgan fingerprint density at radius 2 is 1.82 bits per heavy atom. The van der Waals surface area contributed by atoms with Gasteiger partial charge in [0.2, 0.25) is 0 Å². The molecular weight excluding hydrogens is 446 g/mol. The summed E-state index contributed by atoms with van der Waals surface area (Å²) in [6.07, 6.45) is 7.17. The summed E-state index contributed by atoms with van der Waals surface area (Å²) in [5.74, 6) is 0.659. The largest absolute Gasteiger partial charge is 0.497 e. The van der Waals surface area contributed by atoms with Crippen LogP contribution in [-0.2, 0) is 4.79 Å². The molecule has 0 bridgehead atoms. The summed E-state index contributed by atoms with van der Waals surface area (Å²) in [6.45, 7) is 0. The molecule has 4 aromatic rings. The quantitative estimate of drug-likeness (QED) is 0.378. The lowest BCUT2D eigenvalue weighted by molar-refractivity contribution is -0.121. The topological polar surface area (TPSA) is 72.6 Å². The van der Waals surface area contributed by atoms with Crippen LogP contribution in [0.15, 0.2) is 95.2 Å². The van der Waals surface area contributed by atoms with E-state index in [1.807, 2.05) is 83.7 Å². The highest BCUT2D eigenvalue weighted by Crippen LogP contribution is 2.35. The number of amides is 1. The van der Waals surface area contributed by atoms with Gasteiger partial charge in [-0.15, -0.1) is 0 Å². The first kappa shape index (κ1) is 21.7. The number of carbonyl (C=O) groups excluding carboxylic acids is 1. The van der Waals surface area contributed by atoms with Crippen LogP contribution in [0, 0.1) is 0 Å². The molecule has 0 aliphatic carbocycles. The number of nitrogens with zero attached hydrogens (tertiary/aromatic N) is 5. The fourth-order valence-corrected chi connectivity index (χ4v) is 4.48. The molecule has 2 aromatic carbocycles. The minimum atomic E-state index is -0.110. The van der Waals surface area contributed by atoms with Gasteiger partial charge in [-0.3, -0.25) is 14.7 Å². The van der Waals surface area contributed by atoms with E-state index in [4.69, 9.17) is 9.84 Å². The Bertz CT molecular complexity index is 1380. The van der Waals surface area contributed by atoms with E-state index in [9.17, 15) is 4.79 Å². The number of carbonyl (C=O) groups is 1. The minimum absolute atomic E-state index is 0.110. The first-order valence-electron chi connectivity index (χ1n) is 10.6. The molecular formula is C26H21N5O2S. The van der Waals surface area contributed by atoms with E-state index >= 15 is 0 Å². The van der Waals surface area contributed by atoms with Crippen LogP contribution in [-0.4, -0.2) is 44.9 Å². The standard InChI is InChI=1S/C26H21N5O2S/c1-30-25(32)23(34-26(30)28-20-7-6-14-27-16-20)15-19-17-31(21-8-4-3-5-9-21)29-24(19)18-10-12-22(33-2)13-11-18/h3-17H,1-2H3/b23-15-,28-26?. The highest BCUT2D eigenvalue weighted by atomic mass is 32.2. The first-order valence-corrected chi connectivity index (χ1v) is 11.4. The minimum Gasteiger partial charge on any atom is -0.497 e. The second kappa shape index (κ2) is 9.36. The van der Waals surface area contributed by atoms with E-state index in [-0.39, 0.29) is 5.91 Å². The number of aliphatic imine (C=N–C) groups is 1. The molecule has 7 nitrogen and oxygen atoms in total. The Morgan fingerprint density at radius 3 is 2.53 bits per heavy atom. The zero-order valence-corrected chi connectivity index (χ0v) is 19.4. The Kier molecular flexibility index (Phi) is 5.97. The molecule has 0 unspecified atom stereocenters. The summed E-state index contributed by atoms with van der Waals surface area (Å²) >= 11 is 1.33. The molecule has 0 N–H and O–H groups in total. The molecule has 1 aliphatic heterocycles. The number of ether oxygens (including phenoxy) is 1. The molecule has 1 saturated heterocycles. The number of pyridine rings is 1. The normalized spacial score (nSPS) is 15.9. The molecule has 3 heterocycles. The second-order valence-electron chi connectivity index (χ2n) is 7.52. The molecule has 1 aliphatic rings. The van der Waals surface area contributed by atoms with E-state index in [0.29, 0.717) is 15.8 Å². The van der Waals surface area contributed by atoms with Gasteiger partial charge in [-0.1, -0.05) is 18.2 Å². The fourth-order valence-electron chi connectivity index (χ4n) is 3.50. The number of hydrogen-bond donors (Lipinski definition) is 0. The van der Waals surface area contributed by atoms with Crippen molar-refractivity contribution in [2.75, 3.05) is 14.2 Å². The number of likely N-dealkylation sites (N-methyl/N-ethyl adjacent to an activating group) is 1. The smallest absolute Gasteiger partial charge is 0.266 e. The van der Waals surface area contributed by atoms with Crippen LogP contribution >= 0.6 is 11.8 Å².